The first-order chi connectivity index (χ1) is 8.28. The molecule has 0 spiro atoms. The predicted molar refractivity (Wildman–Crippen MR) is 75.8 cm³/mol. The minimum Gasteiger partial charge on any atom is -0.432 e. The molecule has 0 aliphatic heterocycles. The maximum absolute atomic E-state index is 5.50. The van der Waals surface area contributed by atoms with Gasteiger partial charge in [-0.25, -0.2) is 0 Å². The summed E-state index contributed by atoms with van der Waals surface area (Å²) in [5.74, 6) is 0.699. The second-order valence-electron chi connectivity index (χ2n) is 6.33. The van der Waals surface area contributed by atoms with E-state index in [1.165, 1.54) is 0 Å². The first-order valence-corrected chi connectivity index (χ1v) is 6.68. The predicted octanol–water partition coefficient (Wildman–Crippen LogP) is 3.05. The third kappa shape index (κ3) is 5.54. The van der Waals surface area contributed by atoms with E-state index in [2.05, 4.69) is 49.8 Å². The zero-order chi connectivity index (χ0) is 13.8. The summed E-state index contributed by atoms with van der Waals surface area (Å²) in [4.78, 5) is 6.56. The summed E-state index contributed by atoms with van der Waals surface area (Å²) in [6.07, 6.45) is 2.88. The maximum atomic E-state index is 5.50. The summed E-state index contributed by atoms with van der Waals surface area (Å²) in [6, 6.07) is 0.710. The van der Waals surface area contributed by atoms with Gasteiger partial charge in [-0.05, 0) is 33.1 Å². The van der Waals surface area contributed by atoms with Crippen LogP contribution < -0.4 is 10.2 Å². The number of anilines is 1. The maximum Gasteiger partial charge on any atom is 0.297 e. The van der Waals surface area contributed by atoms with E-state index in [4.69, 9.17) is 4.42 Å². The molecule has 0 saturated carbocycles. The van der Waals surface area contributed by atoms with Crippen molar-refractivity contribution in [2.24, 2.45) is 5.92 Å². The molecule has 0 atom stereocenters. The Hall–Kier alpha value is -1.03. The van der Waals surface area contributed by atoms with Gasteiger partial charge in [0.2, 0.25) is 0 Å². The number of nitrogens with one attached hydrogen (secondary N) is 1. The first kappa shape index (κ1) is 15.0. The zero-order valence-electron chi connectivity index (χ0n) is 12.6. The minimum atomic E-state index is 0.0999. The Bertz CT molecular complexity index is 352. The lowest BCUT2D eigenvalue weighted by molar-refractivity contribution is 0.421. The number of hydrogen-bond acceptors (Lipinski definition) is 4. The molecular formula is C14H27N3O. The zero-order valence-corrected chi connectivity index (χ0v) is 12.6. The van der Waals surface area contributed by atoms with Gasteiger partial charge in [-0.1, -0.05) is 13.8 Å². The van der Waals surface area contributed by atoms with Crippen molar-refractivity contribution in [2.45, 2.75) is 53.1 Å². The first-order valence-electron chi connectivity index (χ1n) is 6.68. The number of rotatable bonds is 6. The number of hydrogen-bond donors (Lipinski definition) is 1. The van der Waals surface area contributed by atoms with Crippen LogP contribution in [0.2, 0.25) is 0 Å². The van der Waals surface area contributed by atoms with E-state index in [0.717, 1.165) is 25.2 Å². The van der Waals surface area contributed by atoms with Crippen LogP contribution in [0, 0.1) is 5.92 Å². The number of nitrogens with zero attached hydrogens (tertiary/aromatic N) is 2. The summed E-state index contributed by atoms with van der Waals surface area (Å²) in [7, 11) is 2.02. The highest BCUT2D eigenvalue weighted by Gasteiger charge is 2.12. The van der Waals surface area contributed by atoms with Gasteiger partial charge in [0.15, 0.2) is 0 Å². The van der Waals surface area contributed by atoms with Crippen molar-refractivity contribution in [2.75, 3.05) is 18.5 Å². The van der Waals surface area contributed by atoms with E-state index in [1.807, 2.05) is 7.05 Å². The molecule has 0 aliphatic rings. The van der Waals surface area contributed by atoms with Gasteiger partial charge in [-0.3, -0.25) is 0 Å². The molecule has 0 aromatic carbocycles. The van der Waals surface area contributed by atoms with Crippen LogP contribution in [0.25, 0.3) is 0 Å². The van der Waals surface area contributed by atoms with Crippen molar-refractivity contribution >= 4 is 6.01 Å². The Morgan fingerprint density at radius 2 is 2.06 bits per heavy atom. The van der Waals surface area contributed by atoms with Crippen molar-refractivity contribution in [1.29, 1.82) is 0 Å². The summed E-state index contributed by atoms with van der Waals surface area (Å²) >= 11 is 0. The molecule has 4 nitrogen and oxygen atoms in total. The fourth-order valence-electron chi connectivity index (χ4n) is 1.46. The monoisotopic (exact) mass is 253 g/mol. The van der Waals surface area contributed by atoms with Crippen LogP contribution in [0.5, 0.6) is 0 Å². The number of aromatic nitrogens is 1. The molecule has 0 fully saturated rings. The van der Waals surface area contributed by atoms with Gasteiger partial charge in [0.05, 0.1) is 5.69 Å². The van der Waals surface area contributed by atoms with Crippen LogP contribution in [0.15, 0.2) is 10.7 Å². The number of oxazole rings is 1. The van der Waals surface area contributed by atoms with Crippen LogP contribution in [-0.4, -0.2) is 24.1 Å². The third-order valence-electron chi connectivity index (χ3n) is 2.71. The molecule has 1 aromatic rings. The quantitative estimate of drug-likeness (QED) is 0.846. The molecule has 1 heterocycles. The van der Waals surface area contributed by atoms with Crippen molar-refractivity contribution in [3.63, 3.8) is 0 Å². The van der Waals surface area contributed by atoms with Gasteiger partial charge >= 0.3 is 0 Å². The Morgan fingerprint density at radius 1 is 1.39 bits per heavy atom. The Morgan fingerprint density at radius 3 is 2.61 bits per heavy atom. The molecule has 0 amide bonds. The van der Waals surface area contributed by atoms with Crippen molar-refractivity contribution in [1.82, 2.24) is 10.3 Å². The highest BCUT2D eigenvalue weighted by Crippen LogP contribution is 2.14. The van der Waals surface area contributed by atoms with Crippen LogP contribution in [0.4, 0.5) is 6.01 Å². The van der Waals surface area contributed by atoms with E-state index < -0.39 is 0 Å². The van der Waals surface area contributed by atoms with Crippen LogP contribution in [-0.2, 0) is 6.54 Å². The summed E-state index contributed by atoms with van der Waals surface area (Å²) < 4.78 is 5.50. The molecule has 1 rings (SSSR count). The van der Waals surface area contributed by atoms with E-state index in [-0.39, 0.29) is 5.54 Å². The summed E-state index contributed by atoms with van der Waals surface area (Å²) in [6.45, 7) is 12.6. The van der Waals surface area contributed by atoms with Crippen LogP contribution in [0.3, 0.4) is 0 Å². The van der Waals surface area contributed by atoms with E-state index in [9.17, 15) is 0 Å². The molecule has 0 unspecified atom stereocenters. The van der Waals surface area contributed by atoms with E-state index in [0.29, 0.717) is 11.9 Å². The smallest absolute Gasteiger partial charge is 0.297 e. The highest BCUT2D eigenvalue weighted by atomic mass is 16.4. The van der Waals surface area contributed by atoms with Crippen LogP contribution >= 0.6 is 0 Å². The van der Waals surface area contributed by atoms with Gasteiger partial charge in [0, 0.05) is 25.7 Å². The molecule has 0 aliphatic carbocycles. The lowest BCUT2D eigenvalue weighted by atomic mass is 10.1. The average molecular weight is 253 g/mol. The molecule has 0 saturated heterocycles. The lowest BCUT2D eigenvalue weighted by Crippen LogP contribution is -2.35. The third-order valence-corrected chi connectivity index (χ3v) is 2.71. The van der Waals surface area contributed by atoms with Gasteiger partial charge < -0.3 is 14.6 Å². The average Bonchev–Trinajstić information content (AvgIpc) is 2.70. The van der Waals surface area contributed by atoms with Gasteiger partial charge in [0.1, 0.15) is 6.26 Å². The second-order valence-corrected chi connectivity index (χ2v) is 6.33. The van der Waals surface area contributed by atoms with Gasteiger partial charge in [-0.2, -0.15) is 4.98 Å². The molecule has 1 N–H and O–H groups in total. The van der Waals surface area contributed by atoms with E-state index in [1.54, 1.807) is 6.26 Å². The Kier molecular flexibility index (Phi) is 5.20. The van der Waals surface area contributed by atoms with Crippen molar-refractivity contribution < 1.29 is 4.42 Å². The molecule has 1 aromatic heterocycles. The molecule has 18 heavy (non-hydrogen) atoms. The minimum absolute atomic E-state index is 0.0999. The molecule has 0 radical (unpaired) electrons. The topological polar surface area (TPSA) is 41.3 Å². The highest BCUT2D eigenvalue weighted by molar-refractivity contribution is 5.25. The van der Waals surface area contributed by atoms with Gasteiger partial charge in [0.25, 0.3) is 6.01 Å². The van der Waals surface area contributed by atoms with E-state index >= 15 is 0 Å². The Labute approximate surface area is 111 Å². The largest absolute Gasteiger partial charge is 0.432 e. The molecule has 0 bridgehead atoms. The van der Waals surface area contributed by atoms with Crippen LogP contribution in [0.1, 0.15) is 46.7 Å². The summed E-state index contributed by atoms with van der Waals surface area (Å²) in [5, 5.41) is 3.40. The molecule has 4 heteroatoms. The van der Waals surface area contributed by atoms with Crippen molar-refractivity contribution in [3.8, 4) is 0 Å². The SMILES string of the molecule is CC(C)CCN(C)c1nc(CNC(C)(C)C)co1. The molecular weight excluding hydrogens is 226 g/mol. The fourth-order valence-corrected chi connectivity index (χ4v) is 1.46. The normalized spacial score (nSPS) is 12.2. The van der Waals surface area contributed by atoms with Gasteiger partial charge in [-0.15, -0.1) is 0 Å². The fraction of sp³-hybridized carbons (Fsp3) is 0.786. The summed E-state index contributed by atoms with van der Waals surface area (Å²) in [5.41, 5.74) is 1.05. The van der Waals surface area contributed by atoms with Crippen molar-refractivity contribution in [3.05, 3.63) is 12.0 Å². The Balaban J connectivity index is 2.47. The molecule has 104 valence electrons. The second kappa shape index (κ2) is 6.23. The standard InChI is InChI=1S/C14H27N3O/c1-11(2)7-8-17(6)13-16-12(10-18-13)9-15-14(3,4)5/h10-11,15H,7-9H2,1-6H3. The lowest BCUT2D eigenvalue weighted by Gasteiger charge is -2.19.